The highest BCUT2D eigenvalue weighted by molar-refractivity contribution is 6.11. The van der Waals surface area contributed by atoms with Gasteiger partial charge in [-0.15, -0.1) is 0 Å². The second-order valence-corrected chi connectivity index (χ2v) is 10.8. The number of aromatic nitrogens is 2. The average molecular weight is 520 g/mol. The van der Waals surface area contributed by atoms with Crippen molar-refractivity contribution in [2.75, 3.05) is 0 Å². The standard InChI is InChI=1S/C35H29N5/c1-22-36-33(24-9-3-2-4-10-24)39-34(37-22)25-17-15-23(16-18-25)26-19-20-32-30(21-26)38-35-29-13-6-5-11-27(29)28-12-7-8-14-31(28)40(32)35/h3,5-7,9-13,15-21,34H,2,4,8,14H2,1H3,(H,36,37,39). The van der Waals surface area contributed by atoms with Crippen LogP contribution < -0.4 is 5.32 Å². The van der Waals surface area contributed by atoms with Crippen molar-refractivity contribution in [2.24, 2.45) is 9.98 Å². The Kier molecular flexibility index (Phi) is 5.30. The summed E-state index contributed by atoms with van der Waals surface area (Å²) in [6.07, 6.45) is 15.2. The van der Waals surface area contributed by atoms with Crippen molar-refractivity contribution in [3.8, 4) is 11.1 Å². The molecule has 0 radical (unpaired) electrons. The second-order valence-electron chi connectivity index (χ2n) is 10.8. The molecule has 0 spiro atoms. The molecule has 1 unspecified atom stereocenters. The van der Waals surface area contributed by atoms with Crippen LogP contribution in [0.4, 0.5) is 0 Å². The molecule has 2 aromatic heterocycles. The van der Waals surface area contributed by atoms with E-state index in [1.165, 1.54) is 27.5 Å². The number of nitrogens with zero attached hydrogens (tertiary/aromatic N) is 4. The fourth-order valence-corrected chi connectivity index (χ4v) is 6.26. The Bertz CT molecular complexity index is 1980. The minimum Gasteiger partial charge on any atom is -0.329 e. The van der Waals surface area contributed by atoms with Crippen LogP contribution in [-0.4, -0.2) is 21.1 Å². The molecule has 1 aliphatic heterocycles. The van der Waals surface area contributed by atoms with Gasteiger partial charge in [0, 0.05) is 22.2 Å². The Morgan fingerprint density at radius 2 is 1.65 bits per heavy atom. The minimum atomic E-state index is -0.240. The van der Waals surface area contributed by atoms with E-state index in [2.05, 4.69) is 107 Å². The highest BCUT2D eigenvalue weighted by Gasteiger charge is 2.20. The van der Waals surface area contributed by atoms with Crippen molar-refractivity contribution in [3.63, 3.8) is 0 Å². The van der Waals surface area contributed by atoms with Crippen LogP contribution >= 0.6 is 0 Å². The first-order valence-electron chi connectivity index (χ1n) is 14.1. The van der Waals surface area contributed by atoms with Crippen LogP contribution in [0.3, 0.4) is 0 Å². The van der Waals surface area contributed by atoms with E-state index < -0.39 is 0 Å². The number of nitrogens with one attached hydrogen (secondary N) is 1. The molecule has 3 aliphatic rings. The van der Waals surface area contributed by atoms with E-state index >= 15 is 0 Å². The Hall–Kier alpha value is -4.77. The van der Waals surface area contributed by atoms with Gasteiger partial charge in [0.1, 0.15) is 17.3 Å². The Labute approximate surface area is 233 Å². The number of rotatable bonds is 3. The first-order valence-corrected chi connectivity index (χ1v) is 14.1. The SMILES string of the molecule is CC1=NC(c2ccc(-c3ccc4c(c3)nc3c5ccccc5c5c(n43)CCC=C5)cc2)N=C(C2=CCCC=C2)N1. The number of pyridine rings is 1. The molecule has 0 amide bonds. The van der Waals surface area contributed by atoms with Crippen LogP contribution in [0.1, 0.15) is 49.2 Å². The number of amidine groups is 2. The zero-order chi connectivity index (χ0) is 26.6. The predicted molar refractivity (Wildman–Crippen MR) is 166 cm³/mol. The third-order valence-corrected chi connectivity index (χ3v) is 8.20. The van der Waals surface area contributed by atoms with E-state index in [9.17, 15) is 0 Å². The van der Waals surface area contributed by atoms with Crippen LogP contribution in [-0.2, 0) is 6.42 Å². The highest BCUT2D eigenvalue weighted by atomic mass is 15.2. The summed E-state index contributed by atoms with van der Waals surface area (Å²) in [6, 6.07) is 24.0. The molecule has 0 fully saturated rings. The molecule has 194 valence electrons. The maximum absolute atomic E-state index is 5.18. The Balaban J connectivity index is 1.18. The summed E-state index contributed by atoms with van der Waals surface area (Å²) in [7, 11) is 0. The third kappa shape index (κ3) is 3.73. The number of aliphatic imine (C=N–C) groups is 2. The summed E-state index contributed by atoms with van der Waals surface area (Å²) in [4.78, 5) is 14.9. The number of allylic oxidation sites excluding steroid dienone is 3. The van der Waals surface area contributed by atoms with Crippen molar-refractivity contribution in [1.82, 2.24) is 14.7 Å². The lowest BCUT2D eigenvalue weighted by atomic mass is 9.96. The fourth-order valence-electron chi connectivity index (χ4n) is 6.26. The van der Waals surface area contributed by atoms with Gasteiger partial charge in [0.2, 0.25) is 0 Å². The van der Waals surface area contributed by atoms with Crippen LogP contribution in [0.15, 0.2) is 107 Å². The van der Waals surface area contributed by atoms with Gasteiger partial charge in [-0.2, -0.15) is 0 Å². The molecule has 0 saturated carbocycles. The van der Waals surface area contributed by atoms with E-state index in [-0.39, 0.29) is 6.17 Å². The van der Waals surface area contributed by atoms with Crippen molar-refractivity contribution < 1.29 is 0 Å². The van der Waals surface area contributed by atoms with Gasteiger partial charge >= 0.3 is 0 Å². The molecule has 40 heavy (non-hydrogen) atoms. The van der Waals surface area contributed by atoms with E-state index in [4.69, 9.17) is 15.0 Å². The van der Waals surface area contributed by atoms with Gasteiger partial charge in [0.05, 0.1) is 11.0 Å². The first-order chi connectivity index (χ1) is 19.7. The highest BCUT2D eigenvalue weighted by Crippen LogP contribution is 2.35. The lowest BCUT2D eigenvalue weighted by Crippen LogP contribution is -2.33. The molecule has 5 heteroatoms. The zero-order valence-electron chi connectivity index (χ0n) is 22.4. The number of hydrogen-bond acceptors (Lipinski definition) is 4. The van der Waals surface area contributed by atoms with Gasteiger partial charge < -0.3 is 5.32 Å². The first kappa shape index (κ1) is 23.1. The lowest BCUT2D eigenvalue weighted by Gasteiger charge is -2.21. The summed E-state index contributed by atoms with van der Waals surface area (Å²) in [6.45, 7) is 2.00. The number of hydrogen-bond donors (Lipinski definition) is 1. The number of fused-ring (bicyclic) bond motifs is 8. The van der Waals surface area contributed by atoms with Crippen LogP contribution in [0, 0.1) is 0 Å². The Morgan fingerprint density at radius 1 is 0.825 bits per heavy atom. The molecule has 0 saturated heterocycles. The number of aryl methyl sites for hydroxylation is 1. The fraction of sp³-hybridized carbons (Fsp3) is 0.171. The molecule has 3 aromatic carbocycles. The van der Waals surface area contributed by atoms with Gasteiger partial charge in [-0.25, -0.2) is 15.0 Å². The largest absolute Gasteiger partial charge is 0.329 e. The predicted octanol–water partition coefficient (Wildman–Crippen LogP) is 7.96. The zero-order valence-corrected chi connectivity index (χ0v) is 22.4. The van der Waals surface area contributed by atoms with E-state index in [0.29, 0.717) is 0 Å². The van der Waals surface area contributed by atoms with Gasteiger partial charge in [-0.1, -0.05) is 85.0 Å². The van der Waals surface area contributed by atoms with E-state index in [1.807, 2.05) is 6.92 Å². The summed E-state index contributed by atoms with van der Waals surface area (Å²) in [5.41, 5.74) is 10.5. The topological polar surface area (TPSA) is 54.0 Å². The summed E-state index contributed by atoms with van der Waals surface area (Å²) in [5.74, 6) is 1.79. The number of imidazole rings is 1. The lowest BCUT2D eigenvalue weighted by molar-refractivity contribution is 0.753. The van der Waals surface area contributed by atoms with E-state index in [1.54, 1.807) is 0 Å². The minimum absolute atomic E-state index is 0.240. The smallest absolute Gasteiger partial charge is 0.169 e. The molecule has 0 bridgehead atoms. The molecule has 5 nitrogen and oxygen atoms in total. The molecule has 1 N–H and O–H groups in total. The molecule has 8 rings (SSSR count). The van der Waals surface area contributed by atoms with Crippen molar-refractivity contribution in [2.45, 2.75) is 38.8 Å². The van der Waals surface area contributed by atoms with E-state index in [0.717, 1.165) is 70.8 Å². The maximum atomic E-state index is 5.18. The quantitative estimate of drug-likeness (QED) is 0.263. The van der Waals surface area contributed by atoms with Crippen molar-refractivity contribution in [3.05, 3.63) is 113 Å². The molecule has 3 heterocycles. The molecule has 1 atom stereocenters. The molecular weight excluding hydrogens is 490 g/mol. The van der Waals surface area contributed by atoms with Gasteiger partial charge in [-0.3, -0.25) is 4.40 Å². The molecule has 2 aliphatic carbocycles. The summed E-state index contributed by atoms with van der Waals surface area (Å²) in [5, 5.41) is 5.83. The third-order valence-electron chi connectivity index (χ3n) is 8.20. The molecular formula is C35H29N5. The van der Waals surface area contributed by atoms with Gasteiger partial charge in [-0.05, 0) is 66.8 Å². The summed E-state index contributed by atoms with van der Waals surface area (Å²) < 4.78 is 2.38. The normalized spacial score (nSPS) is 18.4. The van der Waals surface area contributed by atoms with Crippen molar-refractivity contribution >= 4 is 45.2 Å². The Morgan fingerprint density at radius 3 is 2.50 bits per heavy atom. The van der Waals surface area contributed by atoms with Crippen LogP contribution in [0.25, 0.3) is 44.7 Å². The number of benzene rings is 3. The van der Waals surface area contributed by atoms with Crippen LogP contribution in [0.5, 0.6) is 0 Å². The van der Waals surface area contributed by atoms with Crippen molar-refractivity contribution in [1.29, 1.82) is 0 Å². The maximum Gasteiger partial charge on any atom is 0.169 e. The van der Waals surface area contributed by atoms with Gasteiger partial charge in [0.15, 0.2) is 6.17 Å². The summed E-state index contributed by atoms with van der Waals surface area (Å²) >= 11 is 0. The monoisotopic (exact) mass is 519 g/mol. The second kappa shape index (κ2) is 9.16. The van der Waals surface area contributed by atoms with Gasteiger partial charge in [0.25, 0.3) is 0 Å². The molecule has 5 aromatic rings. The van der Waals surface area contributed by atoms with Crippen LogP contribution in [0.2, 0.25) is 0 Å². The average Bonchev–Trinajstić information content (AvgIpc) is 3.41.